The third-order valence-electron chi connectivity index (χ3n) is 4.02. The SMILES string of the molecule is CCN(C(=O)CCc1cccc(C)c1)C1CCS(=O)(=O)C1. The Morgan fingerprint density at radius 1 is 1.38 bits per heavy atom. The zero-order chi connectivity index (χ0) is 15.5. The number of hydrogen-bond donors (Lipinski definition) is 0. The molecule has 2 rings (SSSR count). The second-order valence-corrected chi connectivity index (χ2v) is 7.95. The molecule has 0 radical (unpaired) electrons. The van der Waals surface area contributed by atoms with Crippen LogP contribution in [0.15, 0.2) is 24.3 Å². The lowest BCUT2D eigenvalue weighted by molar-refractivity contribution is -0.132. The summed E-state index contributed by atoms with van der Waals surface area (Å²) >= 11 is 0. The zero-order valence-corrected chi connectivity index (χ0v) is 13.5. The van der Waals surface area contributed by atoms with Gasteiger partial charge in [-0.2, -0.15) is 0 Å². The van der Waals surface area contributed by atoms with Crippen molar-refractivity contribution in [1.82, 2.24) is 4.90 Å². The van der Waals surface area contributed by atoms with Gasteiger partial charge in [-0.25, -0.2) is 8.42 Å². The first-order valence-electron chi connectivity index (χ1n) is 7.46. The maximum Gasteiger partial charge on any atom is 0.223 e. The zero-order valence-electron chi connectivity index (χ0n) is 12.7. The number of nitrogens with zero attached hydrogens (tertiary/aromatic N) is 1. The summed E-state index contributed by atoms with van der Waals surface area (Å²) in [5.41, 5.74) is 2.34. The van der Waals surface area contributed by atoms with E-state index in [-0.39, 0.29) is 23.5 Å². The molecule has 0 aliphatic carbocycles. The fourth-order valence-electron chi connectivity index (χ4n) is 2.92. The van der Waals surface area contributed by atoms with Crippen molar-refractivity contribution in [3.05, 3.63) is 35.4 Å². The monoisotopic (exact) mass is 309 g/mol. The Hall–Kier alpha value is -1.36. The number of rotatable bonds is 5. The quantitative estimate of drug-likeness (QED) is 0.835. The Kier molecular flexibility index (Phi) is 5.04. The van der Waals surface area contributed by atoms with E-state index in [2.05, 4.69) is 6.07 Å². The van der Waals surface area contributed by atoms with Crippen LogP contribution in [0, 0.1) is 6.92 Å². The standard InChI is InChI=1S/C16H23NO3S/c1-3-17(15-9-10-21(19,20)12-15)16(18)8-7-14-6-4-5-13(2)11-14/h4-6,11,15H,3,7-10,12H2,1-2H3. The average Bonchev–Trinajstić information content (AvgIpc) is 2.77. The molecule has 1 aromatic rings. The first kappa shape index (κ1) is 16.0. The van der Waals surface area contributed by atoms with E-state index in [0.717, 1.165) is 5.56 Å². The van der Waals surface area contributed by atoms with Crippen LogP contribution < -0.4 is 0 Å². The van der Waals surface area contributed by atoms with Crippen molar-refractivity contribution in [3.63, 3.8) is 0 Å². The lowest BCUT2D eigenvalue weighted by atomic mass is 10.1. The van der Waals surface area contributed by atoms with E-state index in [9.17, 15) is 13.2 Å². The number of hydrogen-bond acceptors (Lipinski definition) is 3. The van der Waals surface area contributed by atoms with Crippen LogP contribution in [0.4, 0.5) is 0 Å². The molecule has 0 bridgehead atoms. The highest BCUT2D eigenvalue weighted by Crippen LogP contribution is 2.19. The summed E-state index contributed by atoms with van der Waals surface area (Å²) in [5.74, 6) is 0.386. The van der Waals surface area contributed by atoms with E-state index in [1.54, 1.807) is 4.90 Å². The summed E-state index contributed by atoms with van der Waals surface area (Å²) in [6, 6.07) is 8.01. The van der Waals surface area contributed by atoms with Gasteiger partial charge in [-0.05, 0) is 32.3 Å². The van der Waals surface area contributed by atoms with Gasteiger partial charge in [0, 0.05) is 19.0 Å². The first-order valence-corrected chi connectivity index (χ1v) is 9.29. The van der Waals surface area contributed by atoms with Gasteiger partial charge in [-0.1, -0.05) is 29.8 Å². The molecule has 4 nitrogen and oxygen atoms in total. The van der Waals surface area contributed by atoms with Crippen LogP contribution in [-0.4, -0.2) is 43.3 Å². The molecule has 0 spiro atoms. The lowest BCUT2D eigenvalue weighted by Gasteiger charge is -2.27. The number of carbonyl (C=O) groups excluding carboxylic acids is 1. The van der Waals surface area contributed by atoms with E-state index >= 15 is 0 Å². The molecule has 1 unspecified atom stereocenters. The van der Waals surface area contributed by atoms with Crippen LogP contribution in [-0.2, 0) is 21.1 Å². The molecule has 1 saturated heterocycles. The highest BCUT2D eigenvalue weighted by molar-refractivity contribution is 7.91. The number of sulfone groups is 1. The highest BCUT2D eigenvalue weighted by Gasteiger charge is 2.33. The van der Waals surface area contributed by atoms with Gasteiger partial charge in [0.05, 0.1) is 11.5 Å². The summed E-state index contributed by atoms with van der Waals surface area (Å²) in [4.78, 5) is 14.1. The Labute approximate surface area is 127 Å². The fraction of sp³-hybridized carbons (Fsp3) is 0.562. The Morgan fingerprint density at radius 3 is 2.71 bits per heavy atom. The minimum atomic E-state index is -2.95. The molecule has 0 aromatic heterocycles. The van der Waals surface area contributed by atoms with Gasteiger partial charge in [0.25, 0.3) is 0 Å². The van der Waals surface area contributed by atoms with Gasteiger partial charge in [0.15, 0.2) is 9.84 Å². The van der Waals surface area contributed by atoms with Crippen LogP contribution in [0.2, 0.25) is 0 Å². The molecule has 1 atom stereocenters. The van der Waals surface area contributed by atoms with Gasteiger partial charge < -0.3 is 4.90 Å². The second-order valence-electron chi connectivity index (χ2n) is 5.73. The molecular formula is C16H23NO3S. The Bertz CT molecular complexity index is 610. The molecule has 1 aliphatic heterocycles. The second kappa shape index (κ2) is 6.60. The smallest absolute Gasteiger partial charge is 0.223 e. The van der Waals surface area contributed by atoms with Gasteiger partial charge in [0.1, 0.15) is 0 Å². The number of carbonyl (C=O) groups is 1. The van der Waals surface area contributed by atoms with Crippen molar-refractivity contribution in [2.75, 3.05) is 18.1 Å². The maximum absolute atomic E-state index is 12.4. The summed E-state index contributed by atoms with van der Waals surface area (Å²) < 4.78 is 23.1. The van der Waals surface area contributed by atoms with E-state index in [0.29, 0.717) is 25.8 Å². The van der Waals surface area contributed by atoms with Gasteiger partial charge >= 0.3 is 0 Å². The molecule has 1 aromatic carbocycles. The van der Waals surface area contributed by atoms with Crippen LogP contribution in [0.25, 0.3) is 0 Å². The predicted octanol–water partition coefficient (Wildman–Crippen LogP) is 1.96. The number of amides is 1. The van der Waals surface area contributed by atoms with Gasteiger partial charge in [-0.3, -0.25) is 4.79 Å². The van der Waals surface area contributed by atoms with Crippen molar-refractivity contribution < 1.29 is 13.2 Å². The minimum absolute atomic E-state index is 0.0566. The van der Waals surface area contributed by atoms with E-state index < -0.39 is 9.84 Å². The molecular weight excluding hydrogens is 286 g/mol. The van der Waals surface area contributed by atoms with Crippen LogP contribution in [0.3, 0.4) is 0 Å². The van der Waals surface area contributed by atoms with Crippen molar-refractivity contribution in [2.24, 2.45) is 0 Å². The summed E-state index contributed by atoms with van der Waals surface area (Å²) in [7, 11) is -2.95. The van der Waals surface area contributed by atoms with Crippen LogP contribution in [0.1, 0.15) is 30.9 Å². The average molecular weight is 309 g/mol. The highest BCUT2D eigenvalue weighted by atomic mass is 32.2. The predicted molar refractivity (Wildman–Crippen MR) is 83.9 cm³/mol. The van der Waals surface area contributed by atoms with Crippen LogP contribution >= 0.6 is 0 Å². The molecule has 0 N–H and O–H groups in total. The lowest BCUT2D eigenvalue weighted by Crippen LogP contribution is -2.41. The summed E-state index contributed by atoms with van der Waals surface area (Å²) in [5, 5.41) is 0. The van der Waals surface area contributed by atoms with Crippen molar-refractivity contribution in [3.8, 4) is 0 Å². The minimum Gasteiger partial charge on any atom is -0.339 e. The van der Waals surface area contributed by atoms with Gasteiger partial charge in [-0.15, -0.1) is 0 Å². The van der Waals surface area contributed by atoms with E-state index in [4.69, 9.17) is 0 Å². The Balaban J connectivity index is 1.95. The van der Waals surface area contributed by atoms with Crippen molar-refractivity contribution in [1.29, 1.82) is 0 Å². The van der Waals surface area contributed by atoms with Crippen LogP contribution in [0.5, 0.6) is 0 Å². The first-order chi connectivity index (χ1) is 9.91. The fourth-order valence-corrected chi connectivity index (χ4v) is 4.65. The number of aryl methyl sites for hydroxylation is 2. The largest absolute Gasteiger partial charge is 0.339 e. The van der Waals surface area contributed by atoms with Crippen molar-refractivity contribution in [2.45, 2.75) is 39.2 Å². The van der Waals surface area contributed by atoms with Crippen molar-refractivity contribution >= 4 is 15.7 Å². The molecule has 1 fully saturated rings. The van der Waals surface area contributed by atoms with E-state index in [1.807, 2.05) is 32.0 Å². The van der Waals surface area contributed by atoms with E-state index in [1.165, 1.54) is 5.56 Å². The molecule has 1 heterocycles. The summed E-state index contributed by atoms with van der Waals surface area (Å²) in [6.07, 6.45) is 1.72. The Morgan fingerprint density at radius 2 is 2.14 bits per heavy atom. The molecule has 0 saturated carbocycles. The third-order valence-corrected chi connectivity index (χ3v) is 5.77. The topological polar surface area (TPSA) is 54.5 Å². The molecule has 116 valence electrons. The normalized spacial score (nSPS) is 20.4. The molecule has 1 amide bonds. The number of benzene rings is 1. The molecule has 21 heavy (non-hydrogen) atoms. The maximum atomic E-state index is 12.4. The molecule has 1 aliphatic rings. The van der Waals surface area contributed by atoms with Gasteiger partial charge in [0.2, 0.25) is 5.91 Å². The third kappa shape index (κ3) is 4.30. The summed E-state index contributed by atoms with van der Waals surface area (Å²) in [6.45, 7) is 4.52. The molecule has 5 heteroatoms.